The van der Waals surface area contributed by atoms with Crippen LogP contribution in [0, 0.1) is 0 Å². The lowest BCUT2D eigenvalue weighted by Gasteiger charge is -2.16. The predicted octanol–water partition coefficient (Wildman–Crippen LogP) is 3.80. The van der Waals surface area contributed by atoms with Gasteiger partial charge >= 0.3 is 6.18 Å². The molecule has 0 bridgehead atoms. The van der Waals surface area contributed by atoms with Crippen molar-refractivity contribution in [1.29, 1.82) is 0 Å². The maximum Gasteiger partial charge on any atom is 0.418 e. The molecule has 0 aromatic heterocycles. The van der Waals surface area contributed by atoms with Crippen LogP contribution < -0.4 is 19.9 Å². The summed E-state index contributed by atoms with van der Waals surface area (Å²) in [5.41, 5.74) is -0.467. The van der Waals surface area contributed by atoms with Gasteiger partial charge < -0.3 is 14.8 Å². The van der Waals surface area contributed by atoms with Crippen LogP contribution in [0.2, 0.25) is 0 Å². The molecule has 0 radical (unpaired) electrons. The molecule has 0 unspecified atom stereocenters. The number of halogens is 3. The Labute approximate surface area is 167 Å². The van der Waals surface area contributed by atoms with Crippen LogP contribution in [0.15, 0.2) is 41.3 Å². The van der Waals surface area contributed by atoms with E-state index in [4.69, 9.17) is 14.6 Å². The summed E-state index contributed by atoms with van der Waals surface area (Å²) in [6.45, 7) is 4.82. The van der Waals surface area contributed by atoms with Crippen molar-refractivity contribution >= 4 is 15.7 Å². The van der Waals surface area contributed by atoms with Crippen LogP contribution in [0.5, 0.6) is 11.5 Å². The van der Waals surface area contributed by atoms with Gasteiger partial charge in [0, 0.05) is 12.2 Å². The van der Waals surface area contributed by atoms with Gasteiger partial charge in [-0.1, -0.05) is 6.07 Å². The maximum absolute atomic E-state index is 13.3. The Morgan fingerprint density at radius 1 is 1.00 bits per heavy atom. The Bertz CT molecular complexity index is 947. The minimum atomic E-state index is -4.73. The molecule has 2 aromatic rings. The normalized spacial score (nSPS) is 11.9. The van der Waals surface area contributed by atoms with Crippen molar-refractivity contribution in [3.63, 3.8) is 0 Å². The number of anilines is 1. The van der Waals surface area contributed by atoms with Gasteiger partial charge in [0.1, 0.15) is 0 Å². The molecule has 0 heterocycles. The van der Waals surface area contributed by atoms with Crippen molar-refractivity contribution in [2.24, 2.45) is 5.14 Å². The zero-order valence-electron chi connectivity index (χ0n) is 16.0. The molecule has 2 rings (SSSR count). The topological polar surface area (TPSA) is 90.6 Å². The molecule has 0 saturated heterocycles. The number of sulfonamides is 1. The number of primary sulfonamides is 1. The van der Waals surface area contributed by atoms with Crippen molar-refractivity contribution in [2.45, 2.75) is 31.3 Å². The van der Waals surface area contributed by atoms with Crippen LogP contribution in [-0.2, 0) is 22.6 Å². The van der Waals surface area contributed by atoms with E-state index in [0.29, 0.717) is 37.2 Å². The molecule has 3 N–H and O–H groups in total. The highest BCUT2D eigenvalue weighted by molar-refractivity contribution is 7.89. The van der Waals surface area contributed by atoms with Crippen LogP contribution in [0.4, 0.5) is 18.9 Å². The Morgan fingerprint density at radius 2 is 1.66 bits per heavy atom. The van der Waals surface area contributed by atoms with Gasteiger partial charge in [-0.15, -0.1) is 0 Å². The number of ether oxygens (including phenoxy) is 2. The van der Waals surface area contributed by atoms with E-state index in [-0.39, 0.29) is 12.2 Å². The summed E-state index contributed by atoms with van der Waals surface area (Å²) in [5.74, 6) is 1.17. The maximum atomic E-state index is 13.3. The molecule has 0 saturated carbocycles. The van der Waals surface area contributed by atoms with E-state index in [0.717, 1.165) is 17.7 Å². The number of rotatable bonds is 9. The van der Waals surface area contributed by atoms with Crippen molar-refractivity contribution in [3.8, 4) is 11.5 Å². The van der Waals surface area contributed by atoms with Crippen molar-refractivity contribution < 1.29 is 31.1 Å². The SMILES string of the molecule is CCOc1ccc(CCNc2ccc(S(N)(=O)=O)cc2C(F)(F)F)cc1OCC. The van der Waals surface area contributed by atoms with Crippen LogP contribution in [-0.4, -0.2) is 28.2 Å². The lowest BCUT2D eigenvalue weighted by atomic mass is 10.1. The second kappa shape index (κ2) is 9.36. The lowest BCUT2D eigenvalue weighted by molar-refractivity contribution is -0.137. The quantitative estimate of drug-likeness (QED) is 0.629. The van der Waals surface area contributed by atoms with E-state index >= 15 is 0 Å². The number of benzene rings is 2. The molecule has 0 atom stereocenters. The third kappa shape index (κ3) is 6.26. The summed E-state index contributed by atoms with van der Waals surface area (Å²) in [6, 6.07) is 7.98. The van der Waals surface area contributed by atoms with Crippen LogP contribution in [0.25, 0.3) is 0 Å². The second-order valence-corrected chi connectivity index (χ2v) is 7.64. The summed E-state index contributed by atoms with van der Waals surface area (Å²) >= 11 is 0. The molecule has 0 spiro atoms. The van der Waals surface area contributed by atoms with Gasteiger partial charge in [-0.3, -0.25) is 0 Å². The van der Waals surface area contributed by atoms with Gasteiger partial charge in [0.15, 0.2) is 11.5 Å². The Balaban J connectivity index is 2.17. The molecule has 0 aliphatic carbocycles. The fraction of sp³-hybridized carbons (Fsp3) is 0.368. The number of alkyl halides is 3. The molecule has 29 heavy (non-hydrogen) atoms. The Hall–Kier alpha value is -2.46. The summed E-state index contributed by atoms with van der Waals surface area (Å²) in [6.07, 6.45) is -4.31. The summed E-state index contributed by atoms with van der Waals surface area (Å²) in [7, 11) is -4.24. The number of nitrogens with two attached hydrogens (primary N) is 1. The average Bonchev–Trinajstić information content (AvgIpc) is 2.62. The number of hydrogen-bond donors (Lipinski definition) is 2. The van der Waals surface area contributed by atoms with Gasteiger partial charge in [-0.2, -0.15) is 13.2 Å². The molecule has 0 aliphatic rings. The minimum Gasteiger partial charge on any atom is -0.490 e. The molecular formula is C19H23F3N2O4S. The molecule has 0 amide bonds. The van der Waals surface area contributed by atoms with Crippen molar-refractivity contribution in [1.82, 2.24) is 0 Å². The van der Waals surface area contributed by atoms with Gasteiger partial charge in [0.2, 0.25) is 10.0 Å². The minimum absolute atomic E-state index is 0.192. The summed E-state index contributed by atoms with van der Waals surface area (Å²) < 4.78 is 73.7. The Kier molecular flexibility index (Phi) is 7.37. The van der Waals surface area contributed by atoms with Crippen molar-refractivity contribution in [3.05, 3.63) is 47.5 Å². The van der Waals surface area contributed by atoms with E-state index < -0.39 is 26.7 Å². The third-order valence-electron chi connectivity index (χ3n) is 3.96. The first-order valence-electron chi connectivity index (χ1n) is 8.92. The van der Waals surface area contributed by atoms with E-state index in [2.05, 4.69) is 5.32 Å². The highest BCUT2D eigenvalue weighted by Gasteiger charge is 2.34. The monoisotopic (exact) mass is 432 g/mol. The van der Waals surface area contributed by atoms with Crippen molar-refractivity contribution in [2.75, 3.05) is 25.1 Å². The number of nitrogens with one attached hydrogen (secondary N) is 1. The van der Waals surface area contributed by atoms with E-state index in [9.17, 15) is 21.6 Å². The standard InChI is InChI=1S/C19H23F3N2O4S/c1-3-27-17-8-5-13(11-18(17)28-4-2)9-10-24-16-7-6-14(29(23,25)26)12-15(16)19(20,21)22/h5-8,11-12,24H,3-4,9-10H2,1-2H3,(H2,23,25,26). The van der Waals surface area contributed by atoms with E-state index in [1.54, 1.807) is 12.1 Å². The zero-order chi connectivity index (χ0) is 21.7. The van der Waals surface area contributed by atoms with Gasteiger partial charge in [-0.25, -0.2) is 13.6 Å². The zero-order valence-corrected chi connectivity index (χ0v) is 16.9. The van der Waals surface area contributed by atoms with Crippen LogP contribution >= 0.6 is 0 Å². The third-order valence-corrected chi connectivity index (χ3v) is 4.87. The van der Waals surface area contributed by atoms with Crippen LogP contribution in [0.3, 0.4) is 0 Å². The average molecular weight is 432 g/mol. The molecule has 10 heteroatoms. The molecule has 0 fully saturated rings. The molecule has 160 valence electrons. The molecule has 0 aliphatic heterocycles. The molecule has 2 aromatic carbocycles. The largest absolute Gasteiger partial charge is 0.490 e. The lowest BCUT2D eigenvalue weighted by Crippen LogP contribution is -2.17. The van der Waals surface area contributed by atoms with E-state index in [1.807, 2.05) is 19.9 Å². The van der Waals surface area contributed by atoms with Crippen LogP contribution in [0.1, 0.15) is 25.0 Å². The first-order chi connectivity index (χ1) is 13.6. The van der Waals surface area contributed by atoms with Gasteiger partial charge in [0.25, 0.3) is 0 Å². The Morgan fingerprint density at radius 3 is 2.24 bits per heavy atom. The highest BCUT2D eigenvalue weighted by atomic mass is 32.2. The fourth-order valence-electron chi connectivity index (χ4n) is 2.68. The smallest absolute Gasteiger partial charge is 0.418 e. The van der Waals surface area contributed by atoms with E-state index in [1.165, 1.54) is 0 Å². The molecular weight excluding hydrogens is 409 g/mol. The fourth-order valence-corrected chi connectivity index (χ4v) is 3.22. The summed E-state index contributed by atoms with van der Waals surface area (Å²) in [5, 5.41) is 7.64. The summed E-state index contributed by atoms with van der Waals surface area (Å²) in [4.78, 5) is -0.594. The first kappa shape index (κ1) is 22.8. The predicted molar refractivity (Wildman–Crippen MR) is 104 cm³/mol. The van der Waals surface area contributed by atoms with Gasteiger partial charge in [-0.05, 0) is 56.2 Å². The first-order valence-corrected chi connectivity index (χ1v) is 10.5. The van der Waals surface area contributed by atoms with Gasteiger partial charge in [0.05, 0.1) is 23.7 Å². The highest BCUT2D eigenvalue weighted by Crippen LogP contribution is 2.36. The number of hydrogen-bond acceptors (Lipinski definition) is 5. The second-order valence-electron chi connectivity index (χ2n) is 6.07. The molecule has 6 nitrogen and oxygen atoms in total.